The van der Waals surface area contributed by atoms with E-state index in [1.54, 1.807) is 0 Å². The highest BCUT2D eigenvalue weighted by Gasteiger charge is 2.06. The summed E-state index contributed by atoms with van der Waals surface area (Å²) in [4.78, 5) is 0. The molecule has 3 nitrogen and oxygen atoms in total. The molecule has 0 bridgehead atoms. The lowest BCUT2D eigenvalue weighted by Crippen LogP contribution is -2.08. The normalized spacial score (nSPS) is 13.2. The summed E-state index contributed by atoms with van der Waals surface area (Å²) in [6.45, 7) is 5.28. The molecule has 1 aromatic rings. The van der Waals surface area contributed by atoms with Crippen LogP contribution in [0.25, 0.3) is 0 Å². The van der Waals surface area contributed by atoms with E-state index >= 15 is 0 Å². The summed E-state index contributed by atoms with van der Waals surface area (Å²) in [5.74, 6) is 0. The van der Waals surface area contributed by atoms with Crippen molar-refractivity contribution in [2.75, 3.05) is 0 Å². The Morgan fingerprint density at radius 3 is 2.85 bits per heavy atom. The van der Waals surface area contributed by atoms with Crippen LogP contribution in [0.5, 0.6) is 0 Å². The molecule has 1 aromatic heterocycles. The van der Waals surface area contributed by atoms with Gasteiger partial charge in [-0.3, -0.25) is 4.68 Å². The second kappa shape index (κ2) is 5.02. The molecule has 1 unspecified atom stereocenters. The van der Waals surface area contributed by atoms with Crippen molar-refractivity contribution in [3.05, 3.63) is 18.0 Å². The van der Waals surface area contributed by atoms with Crippen molar-refractivity contribution in [2.45, 2.75) is 45.7 Å². The van der Waals surface area contributed by atoms with Crippen LogP contribution in [0.15, 0.2) is 12.4 Å². The standard InChI is InChI=1S/C10H19N3/c1-3-5-10(11)9-7-12-13(8-9)6-4-2/h7-8,10H,3-6,11H2,1-2H3. The Morgan fingerprint density at radius 2 is 2.23 bits per heavy atom. The van der Waals surface area contributed by atoms with E-state index in [1.165, 1.54) is 0 Å². The van der Waals surface area contributed by atoms with Gasteiger partial charge in [0.25, 0.3) is 0 Å². The van der Waals surface area contributed by atoms with Crippen LogP contribution in [-0.4, -0.2) is 9.78 Å². The van der Waals surface area contributed by atoms with Gasteiger partial charge in [0.2, 0.25) is 0 Å². The molecule has 3 heteroatoms. The second-order valence-corrected chi connectivity index (χ2v) is 3.43. The van der Waals surface area contributed by atoms with E-state index in [2.05, 4.69) is 25.1 Å². The number of hydrogen-bond acceptors (Lipinski definition) is 2. The van der Waals surface area contributed by atoms with Crippen molar-refractivity contribution in [3.63, 3.8) is 0 Å². The quantitative estimate of drug-likeness (QED) is 0.756. The predicted octanol–water partition coefficient (Wildman–Crippen LogP) is 2.09. The van der Waals surface area contributed by atoms with Crippen LogP contribution < -0.4 is 5.73 Å². The molecule has 0 amide bonds. The van der Waals surface area contributed by atoms with E-state index in [9.17, 15) is 0 Å². The van der Waals surface area contributed by atoms with Crippen LogP contribution >= 0.6 is 0 Å². The Bertz CT molecular complexity index is 242. The fourth-order valence-corrected chi connectivity index (χ4v) is 1.40. The van der Waals surface area contributed by atoms with E-state index in [-0.39, 0.29) is 6.04 Å². The Kier molecular flexibility index (Phi) is 3.96. The summed E-state index contributed by atoms with van der Waals surface area (Å²) in [6.07, 6.45) is 7.22. The number of nitrogens with two attached hydrogens (primary N) is 1. The molecule has 2 N–H and O–H groups in total. The summed E-state index contributed by atoms with van der Waals surface area (Å²) >= 11 is 0. The van der Waals surface area contributed by atoms with Gasteiger partial charge in [-0.25, -0.2) is 0 Å². The molecule has 0 radical (unpaired) electrons. The van der Waals surface area contributed by atoms with E-state index in [1.807, 2.05) is 10.9 Å². The highest BCUT2D eigenvalue weighted by molar-refractivity contribution is 5.09. The van der Waals surface area contributed by atoms with E-state index in [4.69, 9.17) is 5.73 Å². The maximum atomic E-state index is 5.96. The average Bonchev–Trinajstić information content (AvgIpc) is 2.54. The minimum atomic E-state index is 0.163. The van der Waals surface area contributed by atoms with E-state index in [0.29, 0.717) is 0 Å². The third-order valence-electron chi connectivity index (χ3n) is 2.13. The summed E-state index contributed by atoms with van der Waals surface area (Å²) in [6, 6.07) is 0.163. The molecule has 1 rings (SSSR count). The van der Waals surface area contributed by atoms with Gasteiger partial charge in [0.1, 0.15) is 0 Å². The number of aryl methyl sites for hydroxylation is 1. The van der Waals surface area contributed by atoms with Crippen molar-refractivity contribution in [1.82, 2.24) is 9.78 Å². The average molecular weight is 181 g/mol. The van der Waals surface area contributed by atoms with Gasteiger partial charge in [0.15, 0.2) is 0 Å². The lowest BCUT2D eigenvalue weighted by atomic mass is 10.1. The third-order valence-corrected chi connectivity index (χ3v) is 2.13. The highest BCUT2D eigenvalue weighted by atomic mass is 15.3. The van der Waals surface area contributed by atoms with Crippen LogP contribution in [0.2, 0.25) is 0 Å². The van der Waals surface area contributed by atoms with Crippen LogP contribution in [0.4, 0.5) is 0 Å². The summed E-state index contributed by atoms with van der Waals surface area (Å²) in [7, 11) is 0. The summed E-state index contributed by atoms with van der Waals surface area (Å²) in [5.41, 5.74) is 7.12. The van der Waals surface area contributed by atoms with Gasteiger partial charge in [0, 0.05) is 24.3 Å². The van der Waals surface area contributed by atoms with Crippen molar-refractivity contribution in [2.24, 2.45) is 5.73 Å². The molecule has 0 spiro atoms. The summed E-state index contributed by atoms with van der Waals surface area (Å²) in [5, 5.41) is 4.25. The molecule has 1 atom stereocenters. The van der Waals surface area contributed by atoms with E-state index < -0.39 is 0 Å². The maximum absolute atomic E-state index is 5.96. The molecule has 13 heavy (non-hydrogen) atoms. The van der Waals surface area contributed by atoms with Gasteiger partial charge in [-0.2, -0.15) is 5.10 Å². The lowest BCUT2D eigenvalue weighted by Gasteiger charge is -2.05. The lowest BCUT2D eigenvalue weighted by molar-refractivity contribution is 0.598. The van der Waals surface area contributed by atoms with Crippen molar-refractivity contribution in [3.8, 4) is 0 Å². The fourth-order valence-electron chi connectivity index (χ4n) is 1.40. The first-order chi connectivity index (χ1) is 6.27. The van der Waals surface area contributed by atoms with Gasteiger partial charge in [-0.1, -0.05) is 20.3 Å². The molecule has 1 heterocycles. The Hall–Kier alpha value is -0.830. The number of aromatic nitrogens is 2. The maximum Gasteiger partial charge on any atom is 0.0537 e. The SMILES string of the molecule is CCCC(N)c1cnn(CCC)c1. The summed E-state index contributed by atoms with van der Waals surface area (Å²) < 4.78 is 1.96. The van der Waals surface area contributed by atoms with Crippen LogP contribution in [0.1, 0.15) is 44.7 Å². The van der Waals surface area contributed by atoms with Crippen LogP contribution in [0, 0.1) is 0 Å². The minimum absolute atomic E-state index is 0.163. The van der Waals surface area contributed by atoms with Gasteiger partial charge in [-0.15, -0.1) is 0 Å². The molecule has 0 saturated heterocycles. The molecule has 74 valence electrons. The molecule has 0 saturated carbocycles. The van der Waals surface area contributed by atoms with Crippen molar-refractivity contribution in [1.29, 1.82) is 0 Å². The molecule has 0 aliphatic heterocycles. The number of rotatable bonds is 5. The number of nitrogens with zero attached hydrogens (tertiary/aromatic N) is 2. The zero-order valence-electron chi connectivity index (χ0n) is 8.53. The number of hydrogen-bond donors (Lipinski definition) is 1. The van der Waals surface area contributed by atoms with Gasteiger partial charge >= 0.3 is 0 Å². The van der Waals surface area contributed by atoms with E-state index in [0.717, 1.165) is 31.4 Å². The highest BCUT2D eigenvalue weighted by Crippen LogP contribution is 2.14. The Balaban J connectivity index is 2.56. The fraction of sp³-hybridized carbons (Fsp3) is 0.700. The smallest absolute Gasteiger partial charge is 0.0537 e. The first kappa shape index (κ1) is 10.3. The molecule has 0 aromatic carbocycles. The monoisotopic (exact) mass is 181 g/mol. The predicted molar refractivity (Wildman–Crippen MR) is 54.4 cm³/mol. The Morgan fingerprint density at radius 1 is 1.46 bits per heavy atom. The largest absolute Gasteiger partial charge is 0.324 e. The first-order valence-electron chi connectivity index (χ1n) is 5.05. The molecular weight excluding hydrogens is 162 g/mol. The van der Waals surface area contributed by atoms with Gasteiger partial charge in [-0.05, 0) is 12.8 Å². The second-order valence-electron chi connectivity index (χ2n) is 3.43. The van der Waals surface area contributed by atoms with Crippen LogP contribution in [-0.2, 0) is 6.54 Å². The van der Waals surface area contributed by atoms with Gasteiger partial charge < -0.3 is 5.73 Å². The zero-order valence-corrected chi connectivity index (χ0v) is 8.53. The topological polar surface area (TPSA) is 43.8 Å². The first-order valence-corrected chi connectivity index (χ1v) is 5.05. The molecule has 0 aliphatic rings. The Labute approximate surface area is 79.9 Å². The molecule has 0 fully saturated rings. The third kappa shape index (κ3) is 2.84. The minimum Gasteiger partial charge on any atom is -0.324 e. The van der Waals surface area contributed by atoms with Crippen LogP contribution in [0.3, 0.4) is 0 Å². The van der Waals surface area contributed by atoms with Crippen molar-refractivity contribution >= 4 is 0 Å². The molecular formula is C10H19N3. The zero-order chi connectivity index (χ0) is 9.68. The molecule has 0 aliphatic carbocycles. The van der Waals surface area contributed by atoms with Crippen molar-refractivity contribution < 1.29 is 0 Å². The van der Waals surface area contributed by atoms with Gasteiger partial charge in [0.05, 0.1) is 6.20 Å².